The molecule has 0 spiro atoms. The van der Waals surface area contributed by atoms with Crippen molar-refractivity contribution in [1.29, 1.82) is 0 Å². The van der Waals surface area contributed by atoms with E-state index in [2.05, 4.69) is 5.43 Å². The molecule has 0 atom stereocenters. The Morgan fingerprint density at radius 2 is 1.69 bits per heavy atom. The molecule has 0 aliphatic carbocycles. The molecule has 0 amide bonds. The molecule has 0 saturated heterocycles. The van der Waals surface area contributed by atoms with Crippen molar-refractivity contribution in [2.24, 2.45) is 5.84 Å². The van der Waals surface area contributed by atoms with E-state index in [0.29, 0.717) is 15.7 Å². The van der Waals surface area contributed by atoms with Gasteiger partial charge in [-0.2, -0.15) is 0 Å². The van der Waals surface area contributed by atoms with E-state index >= 15 is 0 Å². The van der Waals surface area contributed by atoms with Gasteiger partial charge in [0.2, 0.25) is 0 Å². The molecule has 6 nitrogen and oxygen atoms in total. The molecule has 0 heterocycles. The van der Waals surface area contributed by atoms with E-state index in [9.17, 15) is 0 Å². The quantitative estimate of drug-likeness (QED) is 0.348. The van der Waals surface area contributed by atoms with Crippen LogP contribution < -0.4 is 11.3 Å². The third-order valence-electron chi connectivity index (χ3n) is 1.27. The number of nitrogens with two attached hydrogens (primary N) is 1. The molecule has 0 fully saturated rings. The van der Waals surface area contributed by atoms with Crippen molar-refractivity contribution >= 4 is 40.8 Å². The van der Waals surface area contributed by atoms with Crippen LogP contribution in [0.2, 0.25) is 10.0 Å². The molecular formula is C8H8Cl2N2O4. The van der Waals surface area contributed by atoms with Crippen LogP contribution in [-0.2, 0) is 9.59 Å². The van der Waals surface area contributed by atoms with Crippen LogP contribution in [-0.4, -0.2) is 22.2 Å². The largest absolute Gasteiger partial charge is 0.473 e. The zero-order valence-corrected chi connectivity index (χ0v) is 9.29. The molecule has 8 heteroatoms. The third-order valence-corrected chi connectivity index (χ3v) is 1.83. The van der Waals surface area contributed by atoms with Gasteiger partial charge in [0.1, 0.15) is 0 Å². The van der Waals surface area contributed by atoms with Gasteiger partial charge in [0.05, 0.1) is 10.7 Å². The number of carboxylic acid groups (broad SMARTS) is 2. The fraction of sp³-hybridized carbons (Fsp3) is 0. The maximum absolute atomic E-state index is 9.10. The van der Waals surface area contributed by atoms with E-state index in [-0.39, 0.29) is 0 Å². The Labute approximate surface area is 101 Å². The summed E-state index contributed by atoms with van der Waals surface area (Å²) in [6, 6.07) is 5.04. The number of rotatable bonds is 1. The summed E-state index contributed by atoms with van der Waals surface area (Å²) in [5.41, 5.74) is 3.05. The second kappa shape index (κ2) is 6.89. The Morgan fingerprint density at radius 3 is 2.00 bits per heavy atom. The number of hydrogen-bond donors (Lipinski definition) is 4. The number of benzene rings is 1. The van der Waals surface area contributed by atoms with Crippen LogP contribution in [0.3, 0.4) is 0 Å². The molecule has 0 aliphatic heterocycles. The molecule has 16 heavy (non-hydrogen) atoms. The highest BCUT2D eigenvalue weighted by Gasteiger charge is 2.04. The lowest BCUT2D eigenvalue weighted by Gasteiger charge is -2.01. The lowest BCUT2D eigenvalue weighted by Crippen LogP contribution is -2.09. The van der Waals surface area contributed by atoms with E-state index < -0.39 is 11.9 Å². The van der Waals surface area contributed by atoms with Crippen LogP contribution in [0.25, 0.3) is 0 Å². The topological polar surface area (TPSA) is 113 Å². The van der Waals surface area contributed by atoms with Gasteiger partial charge >= 0.3 is 11.9 Å². The van der Waals surface area contributed by atoms with Gasteiger partial charge < -0.3 is 15.6 Å². The van der Waals surface area contributed by atoms with Crippen molar-refractivity contribution in [3.63, 3.8) is 0 Å². The van der Waals surface area contributed by atoms with Crippen molar-refractivity contribution in [1.82, 2.24) is 0 Å². The number of halogens is 2. The van der Waals surface area contributed by atoms with Crippen LogP contribution in [0.15, 0.2) is 18.2 Å². The van der Waals surface area contributed by atoms with E-state index in [1.807, 2.05) is 0 Å². The number of nitrogen functional groups attached to an aromatic ring is 1. The average molecular weight is 267 g/mol. The first kappa shape index (κ1) is 14.5. The molecule has 0 aromatic heterocycles. The van der Waals surface area contributed by atoms with Gasteiger partial charge in [-0.15, -0.1) is 0 Å². The van der Waals surface area contributed by atoms with Crippen LogP contribution in [0.4, 0.5) is 5.69 Å². The van der Waals surface area contributed by atoms with E-state index in [0.717, 1.165) is 0 Å². The van der Waals surface area contributed by atoms with Crippen LogP contribution in [0.5, 0.6) is 0 Å². The smallest absolute Gasteiger partial charge is 0.414 e. The normalized spacial score (nSPS) is 8.69. The SMILES string of the molecule is NNc1cc(Cl)ccc1Cl.O=C(O)C(=O)O. The van der Waals surface area contributed by atoms with E-state index in [1.54, 1.807) is 18.2 Å². The second-order valence-corrected chi connectivity index (χ2v) is 3.22. The highest BCUT2D eigenvalue weighted by atomic mass is 35.5. The van der Waals surface area contributed by atoms with Crippen LogP contribution in [0, 0.1) is 0 Å². The van der Waals surface area contributed by atoms with Crippen LogP contribution in [0.1, 0.15) is 0 Å². The first-order valence-corrected chi connectivity index (χ1v) is 4.52. The lowest BCUT2D eigenvalue weighted by molar-refractivity contribution is -0.159. The minimum absolute atomic E-state index is 0.562. The number of carboxylic acids is 2. The van der Waals surface area contributed by atoms with E-state index in [1.165, 1.54) is 0 Å². The fourth-order valence-corrected chi connectivity index (χ4v) is 0.952. The van der Waals surface area contributed by atoms with Gasteiger partial charge in [0.15, 0.2) is 0 Å². The number of carbonyl (C=O) groups is 2. The molecular weight excluding hydrogens is 259 g/mol. The second-order valence-electron chi connectivity index (χ2n) is 2.38. The van der Waals surface area contributed by atoms with E-state index in [4.69, 9.17) is 48.8 Å². The summed E-state index contributed by atoms with van der Waals surface area (Å²) in [6.45, 7) is 0. The first-order chi connectivity index (χ1) is 7.38. The first-order valence-electron chi connectivity index (χ1n) is 3.76. The van der Waals surface area contributed by atoms with Gasteiger partial charge in [-0.25, -0.2) is 9.59 Å². The predicted molar refractivity (Wildman–Crippen MR) is 59.5 cm³/mol. The summed E-state index contributed by atoms with van der Waals surface area (Å²) in [7, 11) is 0. The van der Waals surface area contributed by atoms with Gasteiger partial charge in [-0.05, 0) is 18.2 Å². The van der Waals surface area contributed by atoms with Gasteiger partial charge in [0.25, 0.3) is 0 Å². The summed E-state index contributed by atoms with van der Waals surface area (Å²) in [5.74, 6) is 1.48. The predicted octanol–water partition coefficient (Wildman–Crippen LogP) is 1.43. The maximum Gasteiger partial charge on any atom is 0.414 e. The number of anilines is 1. The Morgan fingerprint density at radius 1 is 1.19 bits per heavy atom. The Balaban J connectivity index is 0.000000325. The highest BCUT2D eigenvalue weighted by Crippen LogP contribution is 2.23. The number of hydrazine groups is 1. The van der Waals surface area contributed by atoms with Crippen molar-refractivity contribution < 1.29 is 19.8 Å². The molecule has 88 valence electrons. The molecule has 0 unspecified atom stereocenters. The molecule has 0 bridgehead atoms. The summed E-state index contributed by atoms with van der Waals surface area (Å²) >= 11 is 11.3. The van der Waals surface area contributed by atoms with Crippen molar-refractivity contribution in [2.45, 2.75) is 0 Å². The van der Waals surface area contributed by atoms with Gasteiger partial charge in [-0.3, -0.25) is 5.84 Å². The van der Waals surface area contributed by atoms with Crippen molar-refractivity contribution in [2.75, 3.05) is 5.43 Å². The molecule has 0 radical (unpaired) electrons. The Hall–Kier alpha value is -1.50. The number of aliphatic carboxylic acids is 2. The molecule has 5 N–H and O–H groups in total. The Bertz CT molecular complexity index is 386. The molecule has 1 rings (SSSR count). The zero-order valence-electron chi connectivity index (χ0n) is 7.78. The minimum Gasteiger partial charge on any atom is -0.473 e. The molecule has 0 aliphatic rings. The summed E-state index contributed by atoms with van der Waals surface area (Å²) in [6.07, 6.45) is 0. The molecule has 1 aromatic rings. The van der Waals surface area contributed by atoms with Gasteiger partial charge in [0, 0.05) is 5.02 Å². The Kier molecular flexibility index (Phi) is 6.24. The third kappa shape index (κ3) is 5.40. The molecule has 0 saturated carbocycles. The minimum atomic E-state index is -1.82. The monoisotopic (exact) mass is 266 g/mol. The summed E-state index contributed by atoms with van der Waals surface area (Å²) < 4.78 is 0. The lowest BCUT2D eigenvalue weighted by atomic mass is 10.3. The number of hydrogen-bond acceptors (Lipinski definition) is 4. The average Bonchev–Trinajstić information content (AvgIpc) is 2.22. The van der Waals surface area contributed by atoms with Crippen molar-refractivity contribution in [3.05, 3.63) is 28.2 Å². The van der Waals surface area contributed by atoms with Gasteiger partial charge in [-0.1, -0.05) is 23.2 Å². The highest BCUT2D eigenvalue weighted by molar-refractivity contribution is 6.35. The molecule has 1 aromatic carbocycles. The van der Waals surface area contributed by atoms with Crippen LogP contribution >= 0.6 is 23.2 Å². The number of nitrogens with one attached hydrogen (secondary N) is 1. The fourth-order valence-electron chi connectivity index (χ4n) is 0.608. The maximum atomic E-state index is 9.10. The van der Waals surface area contributed by atoms with Crippen molar-refractivity contribution in [3.8, 4) is 0 Å². The zero-order chi connectivity index (χ0) is 12.7. The standard InChI is InChI=1S/C6H6Cl2N2.C2H2O4/c7-4-1-2-5(8)6(3-4)10-9;3-1(4)2(5)6/h1-3,10H,9H2;(H,3,4)(H,5,6). The summed E-state index contributed by atoms with van der Waals surface area (Å²) in [4.78, 5) is 18.2. The summed E-state index contributed by atoms with van der Waals surface area (Å²) in [5, 5.41) is 16.0.